The molecule has 0 fully saturated rings. The Balaban J connectivity index is 1.32. The quantitative estimate of drug-likeness (QED) is 0.182. The van der Waals surface area contributed by atoms with Gasteiger partial charge in [-0.2, -0.15) is 5.26 Å². The van der Waals surface area contributed by atoms with Gasteiger partial charge in [0.1, 0.15) is 11.6 Å². The van der Waals surface area contributed by atoms with Crippen LogP contribution in [0.15, 0.2) is 152 Å². The standard InChI is InChI=1S/C47H25N5S2/c48-26-34-46(51-35-18-8-4-14-28(35)30-22-24-39-41(43(30)51)32-16-6-10-20-37(32)53-39)49-45(27-12-2-1-3-13-27)50-47(34)52-36-19-9-5-15-29(36)31-23-25-40-42(44(31)52)33-17-7-11-21-38(33)54-40/h1-25H. The molecule has 0 N–H and O–H groups in total. The van der Waals surface area contributed by atoms with Gasteiger partial charge in [0.2, 0.25) is 0 Å². The molecule has 5 heterocycles. The summed E-state index contributed by atoms with van der Waals surface area (Å²) in [6, 6.07) is 55.8. The van der Waals surface area contributed by atoms with Crippen LogP contribution in [0.25, 0.3) is 107 Å². The fourth-order valence-electron chi connectivity index (χ4n) is 8.55. The van der Waals surface area contributed by atoms with E-state index in [-0.39, 0.29) is 0 Å². The van der Waals surface area contributed by atoms with Gasteiger partial charge in [0.15, 0.2) is 17.5 Å². The molecule has 0 amide bonds. The molecular formula is C47H25N5S2. The minimum atomic E-state index is 0.410. The zero-order valence-electron chi connectivity index (χ0n) is 28.5. The van der Waals surface area contributed by atoms with Crippen LogP contribution in [0.4, 0.5) is 0 Å². The minimum Gasteiger partial charge on any atom is -0.292 e. The van der Waals surface area contributed by atoms with E-state index in [1.165, 1.54) is 29.6 Å². The van der Waals surface area contributed by atoms with E-state index in [2.05, 4.69) is 137 Å². The SMILES string of the molecule is N#Cc1c(-n2c3ccccc3c3ccc4sc5ccccc5c4c32)nc(-c2ccccc2)nc1-n1c2ccccc2c2ccc3sc4ccccc4c3c21. The Bertz CT molecular complexity index is 3370. The molecule has 0 aliphatic rings. The molecule has 7 heteroatoms. The molecular weight excluding hydrogens is 699 g/mol. The third-order valence-corrected chi connectivity index (χ3v) is 13.1. The van der Waals surface area contributed by atoms with Crippen molar-refractivity contribution >= 4 is 107 Å². The summed E-state index contributed by atoms with van der Waals surface area (Å²) in [5.74, 6) is 1.67. The Kier molecular flexibility index (Phi) is 6.09. The average molecular weight is 724 g/mol. The molecule has 7 aromatic carbocycles. The topological polar surface area (TPSA) is 59.4 Å². The summed E-state index contributed by atoms with van der Waals surface area (Å²) in [6.07, 6.45) is 0. The van der Waals surface area contributed by atoms with Crippen LogP contribution in [0.3, 0.4) is 0 Å². The monoisotopic (exact) mass is 723 g/mol. The molecule has 5 nitrogen and oxygen atoms in total. The normalized spacial score (nSPS) is 12.1. The van der Waals surface area contributed by atoms with Gasteiger partial charge >= 0.3 is 0 Å². The van der Waals surface area contributed by atoms with Gasteiger partial charge < -0.3 is 0 Å². The van der Waals surface area contributed by atoms with E-state index in [0.717, 1.165) is 59.9 Å². The highest BCUT2D eigenvalue weighted by molar-refractivity contribution is 7.26. The highest BCUT2D eigenvalue weighted by Gasteiger charge is 2.27. The summed E-state index contributed by atoms with van der Waals surface area (Å²) in [4.78, 5) is 10.8. The molecule has 0 atom stereocenters. The first-order valence-corrected chi connectivity index (χ1v) is 19.5. The van der Waals surface area contributed by atoms with Gasteiger partial charge in [-0.3, -0.25) is 9.13 Å². The second-order valence-corrected chi connectivity index (χ2v) is 15.8. The Morgan fingerprint density at radius 2 is 0.870 bits per heavy atom. The van der Waals surface area contributed by atoms with E-state index in [9.17, 15) is 5.26 Å². The lowest BCUT2D eigenvalue weighted by atomic mass is 10.1. The van der Waals surface area contributed by atoms with Gasteiger partial charge in [0.05, 0.1) is 22.1 Å². The Labute approximate surface area is 315 Å². The van der Waals surface area contributed by atoms with Crippen molar-refractivity contribution in [1.29, 1.82) is 5.26 Å². The lowest BCUT2D eigenvalue weighted by molar-refractivity contribution is 0.984. The van der Waals surface area contributed by atoms with Crippen molar-refractivity contribution in [2.24, 2.45) is 0 Å². The third kappa shape index (κ3) is 3.96. The first kappa shape index (κ1) is 29.7. The number of thiophene rings is 2. The van der Waals surface area contributed by atoms with Crippen molar-refractivity contribution in [2.75, 3.05) is 0 Å². The van der Waals surface area contributed by atoms with Gasteiger partial charge in [-0.15, -0.1) is 22.7 Å². The van der Waals surface area contributed by atoms with Crippen molar-refractivity contribution in [1.82, 2.24) is 19.1 Å². The van der Waals surface area contributed by atoms with Crippen LogP contribution in [-0.2, 0) is 0 Å². The fraction of sp³-hybridized carbons (Fsp3) is 0. The van der Waals surface area contributed by atoms with Crippen LogP contribution in [0.1, 0.15) is 5.56 Å². The largest absolute Gasteiger partial charge is 0.292 e. The van der Waals surface area contributed by atoms with Gasteiger partial charge in [0, 0.05) is 67.5 Å². The number of fused-ring (bicyclic) bond motifs is 14. The fourth-order valence-corrected chi connectivity index (χ4v) is 10.8. The van der Waals surface area contributed by atoms with Crippen LogP contribution in [0.5, 0.6) is 0 Å². The summed E-state index contributed by atoms with van der Waals surface area (Å²) >= 11 is 3.59. The highest BCUT2D eigenvalue weighted by atomic mass is 32.1. The van der Waals surface area contributed by atoms with Crippen LogP contribution in [-0.4, -0.2) is 19.1 Å². The maximum Gasteiger partial charge on any atom is 0.164 e. The second-order valence-electron chi connectivity index (χ2n) is 13.6. The van der Waals surface area contributed by atoms with Gasteiger partial charge in [-0.05, 0) is 36.4 Å². The molecule has 0 saturated heterocycles. The lowest BCUT2D eigenvalue weighted by Crippen LogP contribution is -2.11. The van der Waals surface area contributed by atoms with Crippen LogP contribution in [0, 0.1) is 11.3 Å². The first-order chi connectivity index (χ1) is 26.8. The second kappa shape index (κ2) is 11.1. The molecule has 0 aliphatic carbocycles. The molecule has 0 unspecified atom stereocenters. The Morgan fingerprint density at radius 3 is 1.37 bits per heavy atom. The summed E-state index contributed by atoms with van der Waals surface area (Å²) < 4.78 is 9.29. The van der Waals surface area contributed by atoms with Gasteiger partial charge in [-0.25, -0.2) is 9.97 Å². The molecule has 250 valence electrons. The molecule has 54 heavy (non-hydrogen) atoms. The highest BCUT2D eigenvalue weighted by Crippen LogP contribution is 2.46. The number of rotatable bonds is 3. The summed E-state index contributed by atoms with van der Waals surface area (Å²) in [5, 5.41) is 20.7. The molecule has 0 aliphatic heterocycles. The van der Waals surface area contributed by atoms with E-state index in [1.54, 1.807) is 22.7 Å². The smallest absolute Gasteiger partial charge is 0.164 e. The van der Waals surface area contributed by atoms with E-state index < -0.39 is 0 Å². The number of nitrogens with zero attached hydrogens (tertiary/aromatic N) is 5. The van der Waals surface area contributed by atoms with Gasteiger partial charge in [0.25, 0.3) is 0 Å². The van der Waals surface area contributed by atoms with Crippen molar-refractivity contribution in [3.8, 4) is 29.1 Å². The van der Waals surface area contributed by atoms with E-state index in [1.807, 2.05) is 30.3 Å². The molecule has 0 saturated carbocycles. The molecule has 5 aromatic heterocycles. The predicted octanol–water partition coefficient (Wildman–Crippen LogP) is 12.9. The van der Waals surface area contributed by atoms with E-state index in [0.29, 0.717) is 23.0 Å². The van der Waals surface area contributed by atoms with Crippen LogP contribution >= 0.6 is 22.7 Å². The van der Waals surface area contributed by atoms with Crippen molar-refractivity contribution < 1.29 is 0 Å². The third-order valence-electron chi connectivity index (χ3n) is 10.8. The molecule has 0 bridgehead atoms. The van der Waals surface area contributed by atoms with Gasteiger partial charge in [-0.1, -0.05) is 115 Å². The zero-order chi connectivity index (χ0) is 35.5. The Hall–Kier alpha value is -6.85. The summed E-state index contributed by atoms with van der Waals surface area (Å²) in [6.45, 7) is 0. The molecule has 0 radical (unpaired) electrons. The number of benzene rings is 7. The zero-order valence-corrected chi connectivity index (χ0v) is 30.1. The number of hydrogen-bond donors (Lipinski definition) is 0. The number of nitriles is 1. The average Bonchev–Trinajstić information content (AvgIpc) is 3.98. The molecule has 0 spiro atoms. The van der Waals surface area contributed by atoms with E-state index in [4.69, 9.17) is 9.97 Å². The Morgan fingerprint density at radius 1 is 0.426 bits per heavy atom. The van der Waals surface area contributed by atoms with Crippen LogP contribution in [0.2, 0.25) is 0 Å². The molecule has 12 rings (SSSR count). The number of para-hydroxylation sites is 2. The maximum absolute atomic E-state index is 11.5. The van der Waals surface area contributed by atoms with E-state index >= 15 is 0 Å². The maximum atomic E-state index is 11.5. The minimum absolute atomic E-state index is 0.410. The van der Waals surface area contributed by atoms with Crippen molar-refractivity contribution in [3.63, 3.8) is 0 Å². The summed E-state index contributed by atoms with van der Waals surface area (Å²) in [5.41, 5.74) is 5.35. The molecule has 12 aromatic rings. The predicted molar refractivity (Wildman–Crippen MR) is 227 cm³/mol. The van der Waals surface area contributed by atoms with Crippen molar-refractivity contribution in [3.05, 3.63) is 157 Å². The first-order valence-electron chi connectivity index (χ1n) is 17.8. The summed E-state index contributed by atoms with van der Waals surface area (Å²) in [7, 11) is 0. The van der Waals surface area contributed by atoms with Crippen LogP contribution < -0.4 is 0 Å². The number of aromatic nitrogens is 4. The number of hydrogen-bond acceptors (Lipinski definition) is 5. The lowest BCUT2D eigenvalue weighted by Gasteiger charge is -2.17. The van der Waals surface area contributed by atoms with Crippen molar-refractivity contribution in [2.45, 2.75) is 0 Å².